The predicted molar refractivity (Wildman–Crippen MR) is 150 cm³/mol. The monoisotopic (exact) mass is 687 g/mol. The summed E-state index contributed by atoms with van der Waals surface area (Å²) in [5, 5.41) is 22.6. The molecule has 0 saturated carbocycles. The van der Waals surface area contributed by atoms with Gasteiger partial charge in [0.05, 0.1) is 7.14 Å². The number of unbranched alkanes of at least 4 members (excludes halogenated alkanes) is 1. The molecule has 0 aliphatic carbocycles. The molecule has 0 aliphatic heterocycles. The molecular formula is C23H39I2N5O3. The molecule has 1 aromatic carbocycles. The molecule has 0 heterocycles. The highest BCUT2D eigenvalue weighted by Crippen LogP contribution is 2.27. The van der Waals surface area contributed by atoms with Gasteiger partial charge >= 0.3 is 0 Å². The molecule has 1 aromatic rings. The fourth-order valence-electron chi connectivity index (χ4n) is 3.20. The molecule has 0 saturated heterocycles. The second-order valence-corrected chi connectivity index (χ2v) is 10.3. The number of benzene rings is 1. The molecule has 0 aromatic heterocycles. The van der Waals surface area contributed by atoms with Crippen LogP contribution in [0.1, 0.15) is 51.0 Å². The van der Waals surface area contributed by atoms with Crippen LogP contribution in [0.25, 0.3) is 0 Å². The van der Waals surface area contributed by atoms with E-state index in [4.69, 9.17) is 5.73 Å². The number of hydrogen-bond acceptors (Lipinski definition) is 6. The molecule has 0 spiro atoms. The summed E-state index contributed by atoms with van der Waals surface area (Å²) in [7, 11) is 0. The first kappa shape index (κ1) is 30.3. The van der Waals surface area contributed by atoms with E-state index in [-0.39, 0.29) is 17.6 Å². The molecule has 1 atom stereocenters. The summed E-state index contributed by atoms with van der Waals surface area (Å²) >= 11 is 4.14. The summed E-state index contributed by atoms with van der Waals surface area (Å²) in [6, 6.07) is 3.06. The Balaban J connectivity index is 2.39. The van der Waals surface area contributed by atoms with Crippen molar-refractivity contribution in [3.8, 4) is 5.75 Å². The van der Waals surface area contributed by atoms with Crippen LogP contribution in [0.15, 0.2) is 12.1 Å². The van der Waals surface area contributed by atoms with Gasteiger partial charge in [-0.1, -0.05) is 6.92 Å². The number of hydrogen-bond donors (Lipinski definition) is 6. The number of nitrogens with one attached hydrogen (secondary N) is 4. The first-order chi connectivity index (χ1) is 15.9. The standard InChI is InChI=1S/C23H39I2N5O3/c1-2-7-21(31)30-20(16-17-14-18(24)22(32)19(25)15-17)23(33)29-13-6-12-28-10-4-3-9-27-11-5-8-26/h14-15,20,27-28,32H,2-13,16,26H2,1H3,(H,29,33)(H,30,31)/t20-/m0/s1. The van der Waals surface area contributed by atoms with Gasteiger partial charge in [0.15, 0.2) is 0 Å². The van der Waals surface area contributed by atoms with E-state index in [2.05, 4.69) is 66.4 Å². The lowest BCUT2D eigenvalue weighted by Crippen LogP contribution is -2.48. The molecule has 0 radical (unpaired) electrons. The molecule has 7 N–H and O–H groups in total. The number of phenolic OH excluding ortho intramolecular Hbond substituents is 1. The smallest absolute Gasteiger partial charge is 0.242 e. The minimum absolute atomic E-state index is 0.125. The largest absolute Gasteiger partial charge is 0.506 e. The third-order valence-electron chi connectivity index (χ3n) is 4.99. The topological polar surface area (TPSA) is 129 Å². The van der Waals surface area contributed by atoms with Crippen molar-refractivity contribution in [3.05, 3.63) is 24.8 Å². The molecule has 0 bridgehead atoms. The van der Waals surface area contributed by atoms with Crippen molar-refractivity contribution in [3.63, 3.8) is 0 Å². The zero-order chi connectivity index (χ0) is 24.5. The summed E-state index contributed by atoms with van der Waals surface area (Å²) in [4.78, 5) is 24.9. The second-order valence-electron chi connectivity index (χ2n) is 7.98. The van der Waals surface area contributed by atoms with E-state index in [0.717, 1.165) is 77.5 Å². The molecule has 2 amide bonds. The average molecular weight is 687 g/mol. The van der Waals surface area contributed by atoms with Crippen LogP contribution >= 0.6 is 45.2 Å². The Morgan fingerprint density at radius 1 is 0.970 bits per heavy atom. The Morgan fingerprint density at radius 2 is 1.55 bits per heavy atom. The van der Waals surface area contributed by atoms with Crippen molar-refractivity contribution in [1.82, 2.24) is 21.3 Å². The number of phenols is 1. The van der Waals surface area contributed by atoms with Gasteiger partial charge in [-0.15, -0.1) is 0 Å². The highest BCUT2D eigenvalue weighted by atomic mass is 127. The van der Waals surface area contributed by atoms with E-state index in [1.807, 2.05) is 19.1 Å². The SMILES string of the molecule is CCCC(=O)N[C@@H](Cc1cc(I)c(O)c(I)c1)C(=O)NCCCNCCCCNCCCN. The van der Waals surface area contributed by atoms with E-state index >= 15 is 0 Å². The van der Waals surface area contributed by atoms with Crippen molar-refractivity contribution >= 4 is 57.0 Å². The summed E-state index contributed by atoms with van der Waals surface area (Å²) in [5.41, 5.74) is 6.36. The van der Waals surface area contributed by atoms with Crippen molar-refractivity contribution in [2.24, 2.45) is 5.73 Å². The van der Waals surface area contributed by atoms with Gasteiger partial charge in [-0.3, -0.25) is 9.59 Å². The molecule has 0 unspecified atom stereocenters. The third-order valence-corrected chi connectivity index (χ3v) is 6.63. The van der Waals surface area contributed by atoms with E-state index in [0.29, 0.717) is 19.4 Å². The number of aromatic hydroxyl groups is 1. The summed E-state index contributed by atoms with van der Waals surface area (Å²) in [6.45, 7) is 7.01. The lowest BCUT2D eigenvalue weighted by Gasteiger charge is -2.19. The van der Waals surface area contributed by atoms with E-state index < -0.39 is 6.04 Å². The van der Waals surface area contributed by atoms with Crippen LogP contribution in [0.4, 0.5) is 0 Å². The van der Waals surface area contributed by atoms with Crippen LogP contribution in [0, 0.1) is 7.14 Å². The number of amides is 2. The molecule has 188 valence electrons. The lowest BCUT2D eigenvalue weighted by atomic mass is 10.0. The second kappa shape index (κ2) is 18.6. The van der Waals surface area contributed by atoms with E-state index in [1.54, 1.807) is 0 Å². The number of carbonyl (C=O) groups excluding carboxylic acids is 2. The van der Waals surface area contributed by atoms with Gasteiger partial charge in [-0.25, -0.2) is 0 Å². The van der Waals surface area contributed by atoms with Crippen LogP contribution in [0.2, 0.25) is 0 Å². The van der Waals surface area contributed by atoms with Crippen LogP contribution in [-0.4, -0.2) is 62.2 Å². The van der Waals surface area contributed by atoms with Crippen molar-refractivity contribution < 1.29 is 14.7 Å². The Bertz CT molecular complexity index is 698. The Hall–Kier alpha value is -0.700. The predicted octanol–water partition coefficient (Wildman–Crippen LogP) is 2.24. The quantitative estimate of drug-likeness (QED) is 0.104. The lowest BCUT2D eigenvalue weighted by molar-refractivity contribution is -0.129. The van der Waals surface area contributed by atoms with Gasteiger partial charge < -0.3 is 32.1 Å². The number of halogens is 2. The first-order valence-corrected chi connectivity index (χ1v) is 13.9. The van der Waals surface area contributed by atoms with E-state index in [1.165, 1.54) is 0 Å². The highest BCUT2D eigenvalue weighted by Gasteiger charge is 2.21. The third kappa shape index (κ3) is 13.7. The average Bonchev–Trinajstić information content (AvgIpc) is 2.77. The maximum Gasteiger partial charge on any atom is 0.242 e. The molecule has 0 fully saturated rings. The molecule has 0 aliphatic rings. The van der Waals surface area contributed by atoms with Crippen molar-refractivity contribution in [2.75, 3.05) is 39.3 Å². The van der Waals surface area contributed by atoms with Gasteiger partial charge in [-0.05, 0) is 128 Å². The van der Waals surface area contributed by atoms with Crippen molar-refractivity contribution in [2.45, 2.75) is 57.9 Å². The molecule has 33 heavy (non-hydrogen) atoms. The number of carbonyl (C=O) groups is 2. The van der Waals surface area contributed by atoms with Crippen LogP contribution in [0.5, 0.6) is 5.75 Å². The fraction of sp³-hybridized carbons (Fsp3) is 0.652. The molecule has 8 nitrogen and oxygen atoms in total. The van der Waals surface area contributed by atoms with Crippen LogP contribution in [-0.2, 0) is 16.0 Å². The minimum atomic E-state index is -0.639. The van der Waals surface area contributed by atoms with Gasteiger partial charge in [0.25, 0.3) is 0 Å². The Morgan fingerprint density at radius 3 is 2.12 bits per heavy atom. The van der Waals surface area contributed by atoms with E-state index in [9.17, 15) is 14.7 Å². The maximum absolute atomic E-state index is 12.8. The van der Waals surface area contributed by atoms with Gasteiger partial charge in [0, 0.05) is 19.4 Å². The zero-order valence-electron chi connectivity index (χ0n) is 19.5. The zero-order valence-corrected chi connectivity index (χ0v) is 23.8. The normalized spacial score (nSPS) is 11.9. The van der Waals surface area contributed by atoms with Gasteiger partial charge in [-0.2, -0.15) is 0 Å². The summed E-state index contributed by atoms with van der Waals surface area (Å²) in [6.07, 6.45) is 5.57. The minimum Gasteiger partial charge on any atom is -0.506 e. The van der Waals surface area contributed by atoms with Gasteiger partial charge in [0.1, 0.15) is 11.8 Å². The van der Waals surface area contributed by atoms with Crippen molar-refractivity contribution in [1.29, 1.82) is 0 Å². The molecule has 1 rings (SSSR count). The fourth-order valence-corrected chi connectivity index (χ4v) is 5.10. The summed E-state index contributed by atoms with van der Waals surface area (Å²) < 4.78 is 1.46. The van der Waals surface area contributed by atoms with Crippen LogP contribution in [0.3, 0.4) is 0 Å². The van der Waals surface area contributed by atoms with Gasteiger partial charge in [0.2, 0.25) is 11.8 Å². The molecule has 10 heteroatoms. The first-order valence-electron chi connectivity index (χ1n) is 11.7. The Labute approximate surface area is 225 Å². The summed E-state index contributed by atoms with van der Waals surface area (Å²) in [5.74, 6) is -0.0626. The highest BCUT2D eigenvalue weighted by molar-refractivity contribution is 14.1. The Kier molecular flexibility index (Phi) is 17.1. The number of rotatable bonds is 18. The number of nitrogens with two attached hydrogens (primary N) is 1. The van der Waals surface area contributed by atoms with Crippen LogP contribution < -0.4 is 27.0 Å². The molecular weight excluding hydrogens is 648 g/mol. The maximum atomic E-state index is 12.8.